The highest BCUT2D eigenvalue weighted by Gasteiger charge is 2.14. The number of hydrogen-bond acceptors (Lipinski definition) is 3. The standard InChI is InChI=1S/C11H13FN4/c1-16-6-10(14-7-16)11(15-13)8-2-4-9(12)5-3-8/h2-7,11,15H,13H2,1H3. The van der Waals surface area contributed by atoms with Gasteiger partial charge in [-0.1, -0.05) is 12.1 Å². The molecule has 0 aliphatic heterocycles. The van der Waals surface area contributed by atoms with Crippen LogP contribution in [0, 0.1) is 5.82 Å². The van der Waals surface area contributed by atoms with E-state index < -0.39 is 0 Å². The summed E-state index contributed by atoms with van der Waals surface area (Å²) in [5.41, 5.74) is 4.35. The molecule has 0 amide bonds. The van der Waals surface area contributed by atoms with E-state index in [4.69, 9.17) is 5.84 Å². The Kier molecular flexibility index (Phi) is 2.98. The molecule has 16 heavy (non-hydrogen) atoms. The van der Waals surface area contributed by atoms with Crippen LogP contribution in [0.4, 0.5) is 4.39 Å². The minimum Gasteiger partial charge on any atom is -0.340 e. The molecule has 5 heteroatoms. The van der Waals surface area contributed by atoms with Gasteiger partial charge >= 0.3 is 0 Å². The van der Waals surface area contributed by atoms with Crippen molar-refractivity contribution in [3.63, 3.8) is 0 Å². The van der Waals surface area contributed by atoms with Crippen LogP contribution in [0.2, 0.25) is 0 Å². The Bertz CT molecular complexity index is 463. The predicted molar refractivity (Wildman–Crippen MR) is 58.8 cm³/mol. The Hall–Kier alpha value is -1.72. The second-order valence-electron chi connectivity index (χ2n) is 3.62. The zero-order valence-electron chi connectivity index (χ0n) is 8.89. The van der Waals surface area contributed by atoms with Crippen molar-refractivity contribution in [1.82, 2.24) is 15.0 Å². The fourth-order valence-electron chi connectivity index (χ4n) is 1.59. The fourth-order valence-corrected chi connectivity index (χ4v) is 1.59. The van der Waals surface area contributed by atoms with Crippen LogP contribution in [0.3, 0.4) is 0 Å². The molecule has 0 aliphatic carbocycles. The Morgan fingerprint density at radius 2 is 2.06 bits per heavy atom. The molecule has 0 fully saturated rings. The maximum absolute atomic E-state index is 12.8. The number of aromatic nitrogens is 2. The second-order valence-corrected chi connectivity index (χ2v) is 3.62. The lowest BCUT2D eigenvalue weighted by Crippen LogP contribution is -2.29. The highest BCUT2D eigenvalue weighted by molar-refractivity contribution is 5.26. The van der Waals surface area contributed by atoms with Crippen molar-refractivity contribution in [3.05, 3.63) is 53.9 Å². The molecule has 0 saturated carbocycles. The molecule has 1 heterocycles. The van der Waals surface area contributed by atoms with Crippen molar-refractivity contribution in [2.45, 2.75) is 6.04 Å². The van der Waals surface area contributed by atoms with Gasteiger partial charge in [-0.25, -0.2) is 14.8 Å². The summed E-state index contributed by atoms with van der Waals surface area (Å²) in [5.74, 6) is 5.23. The molecular weight excluding hydrogens is 207 g/mol. The number of halogens is 1. The van der Waals surface area contributed by atoms with E-state index in [-0.39, 0.29) is 11.9 Å². The maximum Gasteiger partial charge on any atom is 0.123 e. The minimum atomic E-state index is -0.263. The third-order valence-corrected chi connectivity index (χ3v) is 2.39. The normalized spacial score (nSPS) is 12.7. The summed E-state index contributed by atoms with van der Waals surface area (Å²) >= 11 is 0. The summed E-state index contributed by atoms with van der Waals surface area (Å²) in [7, 11) is 1.88. The van der Waals surface area contributed by atoms with Gasteiger partial charge in [0.1, 0.15) is 5.82 Å². The highest BCUT2D eigenvalue weighted by atomic mass is 19.1. The van der Waals surface area contributed by atoms with Crippen molar-refractivity contribution in [3.8, 4) is 0 Å². The van der Waals surface area contributed by atoms with E-state index in [2.05, 4.69) is 10.4 Å². The zero-order valence-corrected chi connectivity index (χ0v) is 8.89. The summed E-state index contributed by atoms with van der Waals surface area (Å²) in [6.07, 6.45) is 3.57. The van der Waals surface area contributed by atoms with Crippen LogP contribution in [0.15, 0.2) is 36.8 Å². The van der Waals surface area contributed by atoms with Crippen LogP contribution in [0.25, 0.3) is 0 Å². The molecule has 1 aromatic carbocycles. The molecule has 1 unspecified atom stereocenters. The summed E-state index contributed by atoms with van der Waals surface area (Å²) < 4.78 is 14.6. The first kappa shape index (κ1) is 10.8. The number of benzene rings is 1. The largest absolute Gasteiger partial charge is 0.340 e. The fraction of sp³-hybridized carbons (Fsp3) is 0.182. The average molecular weight is 220 g/mol. The van der Waals surface area contributed by atoms with Gasteiger partial charge in [0.05, 0.1) is 18.1 Å². The Morgan fingerprint density at radius 3 is 2.56 bits per heavy atom. The van der Waals surface area contributed by atoms with Crippen molar-refractivity contribution in [1.29, 1.82) is 0 Å². The number of imidazole rings is 1. The Labute approximate surface area is 92.9 Å². The van der Waals surface area contributed by atoms with Crippen molar-refractivity contribution >= 4 is 0 Å². The van der Waals surface area contributed by atoms with Gasteiger partial charge in [0.2, 0.25) is 0 Å². The van der Waals surface area contributed by atoms with E-state index in [1.54, 1.807) is 18.5 Å². The molecule has 3 N–H and O–H groups in total. The molecule has 1 aromatic heterocycles. The van der Waals surface area contributed by atoms with Crippen LogP contribution < -0.4 is 11.3 Å². The van der Waals surface area contributed by atoms with Gasteiger partial charge in [-0.15, -0.1) is 0 Å². The number of nitrogens with two attached hydrogens (primary N) is 1. The lowest BCUT2D eigenvalue weighted by molar-refractivity contribution is 0.609. The first-order valence-electron chi connectivity index (χ1n) is 4.90. The van der Waals surface area contributed by atoms with Gasteiger partial charge in [0, 0.05) is 13.2 Å². The molecule has 1 atom stereocenters. The molecular formula is C11H13FN4. The highest BCUT2D eigenvalue weighted by Crippen LogP contribution is 2.19. The Balaban J connectivity index is 2.32. The number of hydrogen-bond donors (Lipinski definition) is 2. The average Bonchev–Trinajstić information content (AvgIpc) is 2.69. The molecule has 84 valence electrons. The predicted octanol–water partition coefficient (Wildman–Crippen LogP) is 1.11. The Morgan fingerprint density at radius 1 is 1.38 bits per heavy atom. The van der Waals surface area contributed by atoms with Gasteiger partial charge in [-0.2, -0.15) is 0 Å². The molecule has 0 aliphatic rings. The van der Waals surface area contributed by atoms with Gasteiger partial charge in [-0.05, 0) is 17.7 Å². The number of nitrogens with one attached hydrogen (secondary N) is 1. The summed E-state index contributed by atoms with van der Waals surface area (Å²) in [4.78, 5) is 4.21. The van der Waals surface area contributed by atoms with Crippen LogP contribution in [-0.2, 0) is 7.05 Å². The minimum absolute atomic E-state index is 0.221. The number of aryl methyl sites for hydroxylation is 1. The first-order valence-corrected chi connectivity index (χ1v) is 4.90. The van der Waals surface area contributed by atoms with Gasteiger partial charge in [0.25, 0.3) is 0 Å². The van der Waals surface area contributed by atoms with Gasteiger partial charge in [-0.3, -0.25) is 5.84 Å². The van der Waals surface area contributed by atoms with Crippen LogP contribution >= 0.6 is 0 Å². The second kappa shape index (κ2) is 4.42. The van der Waals surface area contributed by atoms with E-state index in [0.717, 1.165) is 11.3 Å². The van der Waals surface area contributed by atoms with E-state index in [1.807, 2.05) is 17.8 Å². The first-order chi connectivity index (χ1) is 7.70. The summed E-state index contributed by atoms with van der Waals surface area (Å²) in [5, 5.41) is 0. The molecule has 2 aromatic rings. The van der Waals surface area contributed by atoms with Crippen LogP contribution in [0.5, 0.6) is 0 Å². The quantitative estimate of drug-likeness (QED) is 0.602. The smallest absolute Gasteiger partial charge is 0.123 e. The molecule has 0 radical (unpaired) electrons. The number of hydrazine groups is 1. The van der Waals surface area contributed by atoms with E-state index in [0.29, 0.717) is 0 Å². The van der Waals surface area contributed by atoms with E-state index in [9.17, 15) is 4.39 Å². The van der Waals surface area contributed by atoms with Crippen molar-refractivity contribution < 1.29 is 4.39 Å². The van der Waals surface area contributed by atoms with Gasteiger partial charge < -0.3 is 4.57 Å². The number of rotatable bonds is 3. The summed E-state index contributed by atoms with van der Waals surface area (Å²) in [6.45, 7) is 0. The van der Waals surface area contributed by atoms with E-state index in [1.165, 1.54) is 12.1 Å². The van der Waals surface area contributed by atoms with Gasteiger partial charge in [0.15, 0.2) is 0 Å². The van der Waals surface area contributed by atoms with Crippen LogP contribution in [-0.4, -0.2) is 9.55 Å². The molecule has 2 rings (SSSR count). The third-order valence-electron chi connectivity index (χ3n) is 2.39. The summed E-state index contributed by atoms with van der Waals surface area (Å²) in [6, 6.07) is 5.97. The molecule has 4 nitrogen and oxygen atoms in total. The number of nitrogens with zero attached hydrogens (tertiary/aromatic N) is 2. The lowest BCUT2D eigenvalue weighted by atomic mass is 10.1. The van der Waals surface area contributed by atoms with Crippen LogP contribution in [0.1, 0.15) is 17.3 Å². The van der Waals surface area contributed by atoms with Crippen molar-refractivity contribution in [2.75, 3.05) is 0 Å². The third kappa shape index (κ3) is 2.10. The zero-order chi connectivity index (χ0) is 11.5. The SMILES string of the molecule is Cn1cnc(C(NN)c2ccc(F)cc2)c1. The van der Waals surface area contributed by atoms with E-state index >= 15 is 0 Å². The maximum atomic E-state index is 12.8. The molecule has 0 bridgehead atoms. The topological polar surface area (TPSA) is 55.9 Å². The molecule has 0 spiro atoms. The lowest BCUT2D eigenvalue weighted by Gasteiger charge is -2.13. The van der Waals surface area contributed by atoms with Crippen molar-refractivity contribution in [2.24, 2.45) is 12.9 Å². The monoisotopic (exact) mass is 220 g/mol. The molecule has 0 saturated heterocycles.